The number of hydrogen-bond donors (Lipinski definition) is 0. The topological polar surface area (TPSA) is 66.0 Å². The molecule has 1 aromatic heterocycles. The van der Waals surface area contributed by atoms with Gasteiger partial charge in [0.15, 0.2) is 0 Å². The molecule has 92 valence electrons. The van der Waals surface area contributed by atoms with Crippen LogP contribution in [0.4, 0.5) is 0 Å². The summed E-state index contributed by atoms with van der Waals surface area (Å²) in [5.74, 6) is 0.817. The Morgan fingerprint density at radius 2 is 2.12 bits per heavy atom. The van der Waals surface area contributed by atoms with E-state index >= 15 is 0 Å². The molecule has 0 aliphatic carbocycles. The van der Waals surface area contributed by atoms with Gasteiger partial charge in [0.05, 0.1) is 30.0 Å². The van der Waals surface area contributed by atoms with Gasteiger partial charge in [-0.05, 0) is 6.92 Å². The summed E-state index contributed by atoms with van der Waals surface area (Å²) >= 11 is 0. The first-order valence-corrected chi connectivity index (χ1v) is 6.26. The Hall–Kier alpha value is -1.14. The number of aromatic nitrogens is 2. The number of nitrogens with zero attached hydrogens (tertiary/aromatic N) is 2. The van der Waals surface area contributed by atoms with Gasteiger partial charge in [0.25, 0.3) is 5.82 Å². The number of hydrogen-bond acceptors (Lipinski definition) is 3. The standard InChI is InChI=1S/C6H11N2.C4H8O3S/c1-6-7(2)4-5-8(6)3;1-4(2)3-8(5,6)7/h4-5H,1-3H3;1,3H2,2H3,(H,5,6,7)/q+1;/p-1. The molecule has 0 saturated heterocycles. The third-order valence-corrected chi connectivity index (χ3v) is 2.80. The summed E-state index contributed by atoms with van der Waals surface area (Å²) in [6.07, 6.45) is 4.07. The van der Waals surface area contributed by atoms with Crippen molar-refractivity contribution in [2.75, 3.05) is 5.75 Å². The van der Waals surface area contributed by atoms with Gasteiger partial charge in [0.2, 0.25) is 0 Å². The first-order valence-electron chi connectivity index (χ1n) is 4.69. The van der Waals surface area contributed by atoms with Crippen molar-refractivity contribution in [1.82, 2.24) is 4.57 Å². The highest BCUT2D eigenvalue weighted by Crippen LogP contribution is 1.91. The van der Waals surface area contributed by atoms with Crippen LogP contribution < -0.4 is 4.57 Å². The quantitative estimate of drug-likeness (QED) is 0.427. The zero-order valence-corrected chi connectivity index (χ0v) is 10.9. The lowest BCUT2D eigenvalue weighted by Gasteiger charge is -2.03. The van der Waals surface area contributed by atoms with Crippen LogP contribution in [0.1, 0.15) is 12.7 Å². The lowest BCUT2D eigenvalue weighted by atomic mass is 10.4. The van der Waals surface area contributed by atoms with Crippen molar-refractivity contribution in [3.05, 3.63) is 30.4 Å². The van der Waals surface area contributed by atoms with Crippen LogP contribution in [-0.4, -0.2) is 23.3 Å². The molecule has 0 N–H and O–H groups in total. The summed E-state index contributed by atoms with van der Waals surface area (Å²) in [4.78, 5) is 0. The van der Waals surface area contributed by atoms with Crippen LogP contribution in [-0.2, 0) is 24.2 Å². The Balaban J connectivity index is 0.000000281. The molecule has 1 aromatic rings. The molecule has 6 heteroatoms. The molecule has 0 unspecified atom stereocenters. The Bertz CT molecular complexity index is 441. The van der Waals surface area contributed by atoms with E-state index in [0.29, 0.717) is 5.57 Å². The second-order valence-corrected chi connectivity index (χ2v) is 5.13. The van der Waals surface area contributed by atoms with Gasteiger partial charge >= 0.3 is 0 Å². The normalized spacial score (nSPS) is 10.6. The highest BCUT2D eigenvalue weighted by molar-refractivity contribution is 7.85. The Morgan fingerprint density at radius 1 is 1.62 bits per heavy atom. The zero-order valence-electron chi connectivity index (χ0n) is 10.1. The molecule has 0 fully saturated rings. The lowest BCUT2D eigenvalue weighted by molar-refractivity contribution is -0.677. The van der Waals surface area contributed by atoms with E-state index in [4.69, 9.17) is 0 Å². The highest BCUT2D eigenvalue weighted by Gasteiger charge is 2.00. The van der Waals surface area contributed by atoms with E-state index in [1.807, 2.05) is 26.5 Å². The number of rotatable bonds is 2. The molecular formula is C10H18N2O3S. The van der Waals surface area contributed by atoms with E-state index in [-0.39, 0.29) is 0 Å². The second-order valence-electron chi connectivity index (χ2n) is 3.73. The van der Waals surface area contributed by atoms with Gasteiger partial charge in [-0.2, -0.15) is 0 Å². The van der Waals surface area contributed by atoms with Crippen molar-refractivity contribution >= 4 is 10.1 Å². The van der Waals surface area contributed by atoms with Crippen LogP contribution in [0.25, 0.3) is 0 Å². The lowest BCUT2D eigenvalue weighted by Crippen LogP contribution is -2.29. The molecule has 0 aliphatic heterocycles. The molecule has 1 heterocycles. The summed E-state index contributed by atoms with van der Waals surface area (Å²) < 4.78 is 33.6. The molecule has 16 heavy (non-hydrogen) atoms. The monoisotopic (exact) mass is 246 g/mol. The van der Waals surface area contributed by atoms with E-state index < -0.39 is 15.9 Å². The molecule has 0 bridgehead atoms. The van der Waals surface area contributed by atoms with Gasteiger partial charge < -0.3 is 4.55 Å². The van der Waals surface area contributed by atoms with Crippen LogP contribution >= 0.6 is 0 Å². The maximum absolute atomic E-state index is 9.83. The first-order chi connectivity index (χ1) is 7.13. The van der Waals surface area contributed by atoms with Crippen molar-refractivity contribution in [3.8, 4) is 0 Å². The third-order valence-electron chi connectivity index (χ3n) is 1.96. The summed E-state index contributed by atoms with van der Waals surface area (Å²) in [7, 11) is 0.00116. The molecular weight excluding hydrogens is 228 g/mol. The molecule has 0 aliphatic rings. The van der Waals surface area contributed by atoms with Crippen molar-refractivity contribution in [3.63, 3.8) is 0 Å². The molecule has 0 aromatic carbocycles. The first kappa shape index (κ1) is 14.9. The fraction of sp³-hybridized carbons (Fsp3) is 0.500. The van der Waals surface area contributed by atoms with Gasteiger partial charge in [-0.25, -0.2) is 17.6 Å². The molecule has 0 saturated carbocycles. The van der Waals surface area contributed by atoms with E-state index in [1.165, 1.54) is 12.7 Å². The zero-order chi connectivity index (χ0) is 12.9. The average molecular weight is 246 g/mol. The third kappa shape index (κ3) is 6.36. The largest absolute Gasteiger partial charge is 0.748 e. The summed E-state index contributed by atoms with van der Waals surface area (Å²) in [6, 6.07) is 0. The number of imidazole rings is 1. The fourth-order valence-electron chi connectivity index (χ4n) is 0.966. The Kier molecular flexibility index (Phi) is 5.40. The summed E-state index contributed by atoms with van der Waals surface area (Å²) in [5.41, 5.74) is 0.375. The maximum atomic E-state index is 9.83. The molecule has 0 radical (unpaired) electrons. The van der Waals surface area contributed by atoms with E-state index in [9.17, 15) is 13.0 Å². The van der Waals surface area contributed by atoms with E-state index in [1.54, 1.807) is 0 Å². The van der Waals surface area contributed by atoms with Gasteiger partial charge in [-0.1, -0.05) is 12.2 Å². The summed E-state index contributed by atoms with van der Waals surface area (Å²) in [6.45, 7) is 6.84. The van der Waals surface area contributed by atoms with Crippen LogP contribution in [0.5, 0.6) is 0 Å². The van der Waals surface area contributed by atoms with Crippen LogP contribution in [0.2, 0.25) is 0 Å². The minimum atomic E-state index is -4.07. The van der Waals surface area contributed by atoms with Crippen LogP contribution in [0.3, 0.4) is 0 Å². The maximum Gasteiger partial charge on any atom is 0.252 e. The van der Waals surface area contributed by atoms with Crippen molar-refractivity contribution in [2.24, 2.45) is 14.1 Å². The minimum absolute atomic E-state index is 0.375. The smallest absolute Gasteiger partial charge is 0.252 e. The molecule has 5 nitrogen and oxygen atoms in total. The van der Waals surface area contributed by atoms with Gasteiger partial charge in [0.1, 0.15) is 12.4 Å². The predicted octanol–water partition coefficient (Wildman–Crippen LogP) is 0.266. The number of aryl methyl sites for hydroxylation is 2. The highest BCUT2D eigenvalue weighted by atomic mass is 32.2. The Morgan fingerprint density at radius 3 is 2.19 bits per heavy atom. The molecule has 0 spiro atoms. The van der Waals surface area contributed by atoms with Crippen LogP contribution in [0.15, 0.2) is 24.5 Å². The van der Waals surface area contributed by atoms with Gasteiger partial charge in [-0.3, -0.25) is 0 Å². The van der Waals surface area contributed by atoms with Crippen molar-refractivity contribution in [2.45, 2.75) is 13.8 Å². The van der Waals surface area contributed by atoms with E-state index in [0.717, 1.165) is 0 Å². The average Bonchev–Trinajstić information content (AvgIpc) is 2.33. The van der Waals surface area contributed by atoms with Crippen molar-refractivity contribution < 1.29 is 17.5 Å². The molecule has 0 atom stereocenters. The van der Waals surface area contributed by atoms with E-state index in [2.05, 4.69) is 22.6 Å². The minimum Gasteiger partial charge on any atom is -0.748 e. The Labute approximate surface area is 96.8 Å². The van der Waals surface area contributed by atoms with Gasteiger partial charge in [0, 0.05) is 6.92 Å². The fourth-order valence-corrected chi connectivity index (χ4v) is 1.57. The second kappa shape index (κ2) is 5.81. The van der Waals surface area contributed by atoms with Gasteiger partial charge in [-0.15, -0.1) is 0 Å². The van der Waals surface area contributed by atoms with Crippen molar-refractivity contribution in [1.29, 1.82) is 0 Å². The van der Waals surface area contributed by atoms with Crippen LogP contribution in [0, 0.1) is 6.92 Å². The SMILES string of the molecule is C=C(C)CS(=O)(=O)[O-].Cc1n(C)cc[n+]1C. The summed E-state index contributed by atoms with van der Waals surface area (Å²) in [5, 5.41) is 0. The molecule has 1 rings (SSSR count). The molecule has 0 amide bonds. The predicted molar refractivity (Wildman–Crippen MR) is 60.7 cm³/mol.